The van der Waals surface area contributed by atoms with Gasteiger partial charge in [-0.2, -0.15) is 5.26 Å². The summed E-state index contributed by atoms with van der Waals surface area (Å²) >= 11 is 0. The molecule has 41 heavy (non-hydrogen) atoms. The second-order valence-corrected chi connectivity index (χ2v) is 13.5. The predicted molar refractivity (Wildman–Crippen MR) is 156 cm³/mol. The third-order valence-corrected chi connectivity index (χ3v) is 9.57. The molecule has 2 amide bonds. The summed E-state index contributed by atoms with van der Waals surface area (Å²) in [4.78, 5) is 37.1. The van der Waals surface area contributed by atoms with Crippen LogP contribution in [-0.4, -0.2) is 77.3 Å². The molecule has 5 rings (SSSR count). The topological polar surface area (TPSA) is 80.5 Å². The predicted octanol–water partition coefficient (Wildman–Crippen LogP) is 4.71. The number of likely N-dealkylation sites (tertiary alicyclic amines) is 3. The minimum absolute atomic E-state index is 0.0135. The molecule has 2 aromatic rings. The zero-order valence-electron chi connectivity index (χ0n) is 25.0. The van der Waals surface area contributed by atoms with Crippen LogP contribution in [0.3, 0.4) is 0 Å². The van der Waals surface area contributed by atoms with E-state index in [1.54, 1.807) is 25.1 Å². The second-order valence-electron chi connectivity index (χ2n) is 13.5. The van der Waals surface area contributed by atoms with E-state index in [4.69, 9.17) is 0 Å². The van der Waals surface area contributed by atoms with Gasteiger partial charge in [0.25, 0.3) is 5.91 Å². The van der Waals surface area contributed by atoms with Crippen LogP contribution in [0.15, 0.2) is 30.3 Å². The number of hydrogen-bond acceptors (Lipinski definition) is 5. The van der Waals surface area contributed by atoms with E-state index < -0.39 is 5.41 Å². The standard InChI is InChI=1S/C33H42FN5O2/c1-22-15-28(17-35)36-23(2)29(22)30(40)39-20-24-18-37(19-25(24)21-39)12-9-33(26-7-6-8-27(34)16-26)10-13-38(14-11-33)31(41)32(3,4)5/h6-8,15-16,24-25H,9-14,18-21H2,1-5H3/t24-,25+. The molecule has 3 aliphatic heterocycles. The molecular formula is C33H42FN5O2. The molecule has 0 saturated carbocycles. The highest BCUT2D eigenvalue weighted by molar-refractivity contribution is 5.97. The Kier molecular flexibility index (Phi) is 7.95. The molecule has 0 N–H and O–H groups in total. The largest absolute Gasteiger partial charge is 0.342 e. The molecule has 0 aliphatic carbocycles. The number of carbonyl (C=O) groups excluding carboxylic acids is 2. The maximum absolute atomic E-state index is 14.3. The summed E-state index contributed by atoms with van der Waals surface area (Å²) in [6, 6.07) is 10.8. The van der Waals surface area contributed by atoms with Crippen LogP contribution in [0.5, 0.6) is 0 Å². The first-order valence-electron chi connectivity index (χ1n) is 14.9. The molecule has 0 spiro atoms. The van der Waals surface area contributed by atoms with Crippen molar-refractivity contribution in [3.8, 4) is 6.07 Å². The fourth-order valence-electron chi connectivity index (χ4n) is 7.29. The van der Waals surface area contributed by atoms with Crippen molar-refractivity contribution in [1.82, 2.24) is 19.7 Å². The van der Waals surface area contributed by atoms with Gasteiger partial charge in [-0.05, 0) is 86.2 Å². The monoisotopic (exact) mass is 559 g/mol. The molecule has 3 fully saturated rings. The third kappa shape index (κ3) is 5.88. The molecule has 3 saturated heterocycles. The fourth-order valence-corrected chi connectivity index (χ4v) is 7.29. The van der Waals surface area contributed by atoms with Crippen LogP contribution >= 0.6 is 0 Å². The van der Waals surface area contributed by atoms with Gasteiger partial charge in [-0.25, -0.2) is 9.37 Å². The van der Waals surface area contributed by atoms with Crippen molar-refractivity contribution in [3.63, 3.8) is 0 Å². The molecule has 8 heteroatoms. The van der Waals surface area contributed by atoms with Gasteiger partial charge in [0.1, 0.15) is 17.6 Å². The number of hydrogen-bond donors (Lipinski definition) is 0. The zero-order chi connectivity index (χ0) is 29.5. The third-order valence-electron chi connectivity index (χ3n) is 9.57. The highest BCUT2D eigenvalue weighted by Gasteiger charge is 2.44. The molecule has 1 aromatic carbocycles. The van der Waals surface area contributed by atoms with Gasteiger partial charge in [0, 0.05) is 44.7 Å². The van der Waals surface area contributed by atoms with Gasteiger partial charge < -0.3 is 14.7 Å². The van der Waals surface area contributed by atoms with Crippen LogP contribution in [0.1, 0.15) is 72.9 Å². The molecule has 1 aromatic heterocycles. The van der Waals surface area contributed by atoms with Gasteiger partial charge in [0.15, 0.2) is 0 Å². The summed E-state index contributed by atoms with van der Waals surface area (Å²) in [5.74, 6) is 0.849. The van der Waals surface area contributed by atoms with E-state index in [1.165, 1.54) is 6.07 Å². The second kappa shape index (κ2) is 11.2. The van der Waals surface area contributed by atoms with E-state index in [1.807, 2.05) is 37.5 Å². The fraction of sp³-hybridized carbons (Fsp3) is 0.576. The van der Waals surface area contributed by atoms with E-state index in [-0.39, 0.29) is 23.0 Å². The van der Waals surface area contributed by atoms with E-state index in [0.29, 0.717) is 41.9 Å². The maximum atomic E-state index is 14.3. The zero-order valence-corrected chi connectivity index (χ0v) is 25.0. The van der Waals surface area contributed by atoms with Crippen molar-refractivity contribution in [2.24, 2.45) is 17.3 Å². The normalized spacial score (nSPS) is 22.5. The van der Waals surface area contributed by atoms with Crippen molar-refractivity contribution in [3.05, 3.63) is 64.2 Å². The SMILES string of the molecule is Cc1cc(C#N)nc(C)c1C(=O)N1C[C@H]2CN(CCC3(c4cccc(F)c4)CCN(C(=O)C(C)(C)C)CC3)C[C@H]2C1. The number of piperidine rings is 1. The van der Waals surface area contributed by atoms with Crippen molar-refractivity contribution in [1.29, 1.82) is 5.26 Å². The van der Waals surface area contributed by atoms with E-state index in [0.717, 1.165) is 63.1 Å². The van der Waals surface area contributed by atoms with Crippen LogP contribution in [0.2, 0.25) is 0 Å². The van der Waals surface area contributed by atoms with Crippen LogP contribution < -0.4 is 0 Å². The first-order chi connectivity index (χ1) is 19.4. The number of rotatable bonds is 5. The van der Waals surface area contributed by atoms with Crippen LogP contribution in [-0.2, 0) is 10.2 Å². The number of amides is 2. The molecule has 218 valence electrons. The number of nitriles is 1. The first-order valence-corrected chi connectivity index (χ1v) is 14.9. The number of fused-ring (bicyclic) bond motifs is 1. The lowest BCUT2D eigenvalue weighted by Gasteiger charge is -2.44. The molecular weight excluding hydrogens is 517 g/mol. The van der Waals surface area contributed by atoms with Crippen LogP contribution in [0, 0.1) is 48.2 Å². The summed E-state index contributed by atoms with van der Waals surface area (Å²) in [6.07, 6.45) is 2.59. The van der Waals surface area contributed by atoms with Gasteiger partial charge in [-0.3, -0.25) is 9.59 Å². The van der Waals surface area contributed by atoms with Crippen LogP contribution in [0.25, 0.3) is 0 Å². The van der Waals surface area contributed by atoms with Crippen molar-refractivity contribution in [2.75, 3.05) is 45.8 Å². The minimum atomic E-state index is -0.407. The van der Waals surface area contributed by atoms with Crippen molar-refractivity contribution in [2.45, 2.75) is 59.3 Å². The summed E-state index contributed by atoms with van der Waals surface area (Å²) < 4.78 is 14.3. The molecule has 4 heterocycles. The van der Waals surface area contributed by atoms with Gasteiger partial charge in [0.05, 0.1) is 11.3 Å². The van der Waals surface area contributed by atoms with Crippen molar-refractivity contribution >= 4 is 11.8 Å². The molecule has 0 unspecified atom stereocenters. The minimum Gasteiger partial charge on any atom is -0.342 e. The van der Waals surface area contributed by atoms with E-state index >= 15 is 0 Å². The molecule has 0 radical (unpaired) electrons. The highest BCUT2D eigenvalue weighted by Crippen LogP contribution is 2.41. The summed E-state index contributed by atoms with van der Waals surface area (Å²) in [7, 11) is 0. The Morgan fingerprint density at radius 1 is 1.05 bits per heavy atom. The number of aromatic nitrogens is 1. The maximum Gasteiger partial charge on any atom is 0.255 e. The lowest BCUT2D eigenvalue weighted by atomic mass is 9.70. The Labute approximate surface area is 243 Å². The van der Waals surface area contributed by atoms with Crippen LogP contribution in [0.4, 0.5) is 4.39 Å². The Hall–Kier alpha value is -3.31. The van der Waals surface area contributed by atoms with Crippen molar-refractivity contribution < 1.29 is 14.0 Å². The first kappa shape index (κ1) is 29.2. The summed E-state index contributed by atoms with van der Waals surface area (Å²) in [5.41, 5.74) is 2.85. The quantitative estimate of drug-likeness (QED) is 0.530. The summed E-state index contributed by atoms with van der Waals surface area (Å²) in [5, 5.41) is 9.20. The Bertz CT molecular complexity index is 1330. The number of halogens is 1. The molecule has 2 atom stereocenters. The number of nitrogens with zero attached hydrogens (tertiary/aromatic N) is 5. The highest BCUT2D eigenvalue weighted by atomic mass is 19.1. The average Bonchev–Trinajstić information content (AvgIpc) is 3.50. The number of aryl methyl sites for hydroxylation is 2. The Balaban J connectivity index is 1.22. The van der Waals surface area contributed by atoms with Gasteiger partial charge in [-0.1, -0.05) is 32.9 Å². The Morgan fingerprint density at radius 3 is 2.27 bits per heavy atom. The smallest absolute Gasteiger partial charge is 0.255 e. The molecule has 3 aliphatic rings. The number of pyridine rings is 1. The van der Waals surface area contributed by atoms with Gasteiger partial charge >= 0.3 is 0 Å². The van der Waals surface area contributed by atoms with Gasteiger partial charge in [-0.15, -0.1) is 0 Å². The molecule has 0 bridgehead atoms. The average molecular weight is 560 g/mol. The number of carbonyl (C=O) groups is 2. The van der Waals surface area contributed by atoms with E-state index in [9.17, 15) is 19.2 Å². The number of benzene rings is 1. The van der Waals surface area contributed by atoms with Gasteiger partial charge in [0.2, 0.25) is 5.91 Å². The lowest BCUT2D eigenvalue weighted by Crippen LogP contribution is -2.49. The summed E-state index contributed by atoms with van der Waals surface area (Å²) in [6.45, 7) is 15.2. The van der Waals surface area contributed by atoms with E-state index in [2.05, 4.69) is 22.0 Å². The lowest BCUT2D eigenvalue weighted by molar-refractivity contribution is -0.141. The molecule has 7 nitrogen and oxygen atoms in total. The Morgan fingerprint density at radius 2 is 1.71 bits per heavy atom.